The number of hydrogen-bond donors (Lipinski definition) is 3. The molecule has 0 amide bonds. The molecule has 0 saturated heterocycles. The fraction of sp³-hybridized carbons (Fsp3) is 1.00. The molecule has 0 aliphatic heterocycles. The molecule has 0 saturated carbocycles. The quantitative estimate of drug-likeness (QED) is 0.396. The summed E-state index contributed by atoms with van der Waals surface area (Å²) in [5, 5.41) is 15.4. The summed E-state index contributed by atoms with van der Waals surface area (Å²) >= 11 is 3.50. The molecule has 0 bridgehead atoms. The van der Waals surface area contributed by atoms with Gasteiger partial charge >= 0.3 is 0 Å². The summed E-state index contributed by atoms with van der Waals surface area (Å²) in [5.41, 5.74) is 0. The smallest absolute Gasteiger partial charge is 0.210 e. The van der Waals surface area contributed by atoms with Crippen LogP contribution in [0.25, 0.3) is 0 Å². The molecule has 0 unspecified atom stereocenters. The van der Waals surface area contributed by atoms with Gasteiger partial charge in [0.05, 0.1) is 0 Å². The Labute approximate surface area is 54.9 Å². The van der Waals surface area contributed by atoms with Crippen molar-refractivity contribution in [1.29, 1.82) is 0 Å². The lowest BCUT2D eigenvalue weighted by Crippen LogP contribution is -2.18. The minimum absolute atomic E-state index is 0.340. The molecule has 2 nitrogen and oxygen atoms in total. The second-order valence-corrected chi connectivity index (χ2v) is 2.59. The maximum Gasteiger partial charge on any atom is 0.210 e. The highest BCUT2D eigenvalue weighted by atomic mass is 32.1. The van der Waals surface area contributed by atoms with E-state index in [-0.39, 0.29) is 0 Å². The van der Waals surface area contributed by atoms with Crippen molar-refractivity contribution >= 4 is 12.6 Å². The molecule has 0 rings (SSSR count). The topological polar surface area (TPSA) is 40.5 Å². The Bertz CT molecular complexity index is 57.9. The normalized spacial score (nSPS) is 12.0. The zero-order chi connectivity index (χ0) is 6.62. The average molecular weight is 136 g/mol. The molecule has 0 aromatic heterocycles. The van der Waals surface area contributed by atoms with Gasteiger partial charge < -0.3 is 10.2 Å². The first-order valence-corrected chi connectivity index (χ1v) is 3.18. The summed E-state index contributed by atoms with van der Waals surface area (Å²) in [6.07, 6.45) is 2.10. The van der Waals surface area contributed by atoms with E-state index in [9.17, 15) is 0 Å². The van der Waals surface area contributed by atoms with Gasteiger partial charge in [-0.15, -0.1) is 12.6 Å². The Balaban J connectivity index is 3.11. The fourth-order valence-electron chi connectivity index (χ4n) is 0.414. The van der Waals surface area contributed by atoms with E-state index < -0.39 is 5.12 Å². The largest absolute Gasteiger partial charge is 0.357 e. The van der Waals surface area contributed by atoms with Gasteiger partial charge in [0.25, 0.3) is 0 Å². The van der Waals surface area contributed by atoms with Gasteiger partial charge in [0.2, 0.25) is 5.12 Å². The first-order chi connectivity index (χ1) is 3.56. The van der Waals surface area contributed by atoms with Crippen LogP contribution in [0.2, 0.25) is 0 Å². The molecule has 0 aromatic rings. The van der Waals surface area contributed by atoms with Gasteiger partial charge in [-0.2, -0.15) is 0 Å². The van der Waals surface area contributed by atoms with E-state index in [2.05, 4.69) is 12.6 Å². The SMILES string of the molecule is CCCCC(O)(O)S. The summed E-state index contributed by atoms with van der Waals surface area (Å²) in [6.45, 7) is 1.99. The van der Waals surface area contributed by atoms with E-state index >= 15 is 0 Å². The van der Waals surface area contributed by atoms with Gasteiger partial charge in [-0.25, -0.2) is 0 Å². The van der Waals surface area contributed by atoms with Gasteiger partial charge in [0, 0.05) is 6.42 Å². The number of unbranched alkanes of at least 4 members (excludes halogenated alkanes) is 1. The molecule has 0 aliphatic carbocycles. The Hall–Kier alpha value is 0.270. The molecule has 0 aliphatic rings. The molecule has 0 radical (unpaired) electrons. The Morgan fingerprint density at radius 2 is 2.00 bits per heavy atom. The van der Waals surface area contributed by atoms with Crippen LogP contribution in [-0.2, 0) is 0 Å². The predicted octanol–water partition coefficient (Wildman–Crippen LogP) is 0.745. The lowest BCUT2D eigenvalue weighted by Gasteiger charge is -2.12. The maximum absolute atomic E-state index is 8.57. The minimum atomic E-state index is -1.75. The lowest BCUT2D eigenvalue weighted by atomic mass is 10.2. The van der Waals surface area contributed by atoms with Crippen LogP contribution in [0.3, 0.4) is 0 Å². The van der Waals surface area contributed by atoms with Crippen molar-refractivity contribution in [3.63, 3.8) is 0 Å². The summed E-state index contributed by atoms with van der Waals surface area (Å²) in [7, 11) is 0. The first-order valence-electron chi connectivity index (χ1n) is 2.73. The molecule has 0 atom stereocenters. The van der Waals surface area contributed by atoms with Crippen molar-refractivity contribution in [2.75, 3.05) is 0 Å². The molecule has 0 aromatic carbocycles. The third-order valence-corrected chi connectivity index (χ3v) is 1.09. The summed E-state index contributed by atoms with van der Waals surface area (Å²) in [6, 6.07) is 0. The highest BCUT2D eigenvalue weighted by Gasteiger charge is 2.13. The zero-order valence-electron chi connectivity index (χ0n) is 4.96. The molecular weight excluding hydrogens is 124 g/mol. The Morgan fingerprint density at radius 3 is 2.12 bits per heavy atom. The van der Waals surface area contributed by atoms with Crippen LogP contribution in [0.1, 0.15) is 26.2 Å². The van der Waals surface area contributed by atoms with E-state index in [1.807, 2.05) is 6.92 Å². The van der Waals surface area contributed by atoms with Crippen molar-refractivity contribution in [2.45, 2.75) is 31.3 Å². The molecule has 0 spiro atoms. The van der Waals surface area contributed by atoms with Crippen molar-refractivity contribution < 1.29 is 10.2 Å². The van der Waals surface area contributed by atoms with Crippen LogP contribution in [0.5, 0.6) is 0 Å². The maximum atomic E-state index is 8.57. The van der Waals surface area contributed by atoms with Crippen LogP contribution >= 0.6 is 12.6 Å². The van der Waals surface area contributed by atoms with Crippen LogP contribution in [0.4, 0.5) is 0 Å². The molecule has 2 N–H and O–H groups in total. The average Bonchev–Trinajstić information content (AvgIpc) is 1.59. The number of thiol groups is 1. The van der Waals surface area contributed by atoms with Gasteiger partial charge in [-0.1, -0.05) is 13.3 Å². The summed E-state index contributed by atoms with van der Waals surface area (Å²) < 4.78 is 0. The molecule has 0 fully saturated rings. The molecule has 8 heavy (non-hydrogen) atoms. The zero-order valence-corrected chi connectivity index (χ0v) is 5.86. The van der Waals surface area contributed by atoms with Crippen LogP contribution in [0.15, 0.2) is 0 Å². The Kier molecular flexibility index (Phi) is 3.44. The van der Waals surface area contributed by atoms with E-state index in [0.29, 0.717) is 6.42 Å². The van der Waals surface area contributed by atoms with E-state index in [0.717, 1.165) is 12.8 Å². The Morgan fingerprint density at radius 1 is 1.50 bits per heavy atom. The number of hydrogen-bond acceptors (Lipinski definition) is 3. The second kappa shape index (κ2) is 3.33. The molecular formula is C5H12O2S. The fourth-order valence-corrected chi connectivity index (χ4v) is 0.572. The molecule has 50 valence electrons. The minimum Gasteiger partial charge on any atom is -0.357 e. The number of aliphatic hydroxyl groups is 2. The molecule has 0 heterocycles. The summed E-state index contributed by atoms with van der Waals surface area (Å²) in [5.74, 6) is 0. The van der Waals surface area contributed by atoms with E-state index in [4.69, 9.17) is 10.2 Å². The van der Waals surface area contributed by atoms with Crippen molar-refractivity contribution in [2.24, 2.45) is 0 Å². The summed E-state index contributed by atoms with van der Waals surface area (Å²) in [4.78, 5) is 0. The van der Waals surface area contributed by atoms with Crippen LogP contribution < -0.4 is 0 Å². The van der Waals surface area contributed by atoms with E-state index in [1.54, 1.807) is 0 Å². The lowest BCUT2D eigenvalue weighted by molar-refractivity contribution is -0.0802. The van der Waals surface area contributed by atoms with Gasteiger partial charge in [0.1, 0.15) is 0 Å². The second-order valence-electron chi connectivity index (χ2n) is 1.88. The number of rotatable bonds is 3. The highest BCUT2D eigenvalue weighted by molar-refractivity contribution is 7.81. The third kappa shape index (κ3) is 6.27. The first kappa shape index (κ1) is 8.27. The van der Waals surface area contributed by atoms with Crippen LogP contribution in [-0.4, -0.2) is 15.3 Å². The van der Waals surface area contributed by atoms with Gasteiger partial charge in [0.15, 0.2) is 0 Å². The monoisotopic (exact) mass is 136 g/mol. The van der Waals surface area contributed by atoms with Crippen molar-refractivity contribution in [3.8, 4) is 0 Å². The predicted molar refractivity (Wildman–Crippen MR) is 35.7 cm³/mol. The van der Waals surface area contributed by atoms with Gasteiger partial charge in [-0.05, 0) is 6.42 Å². The highest BCUT2D eigenvalue weighted by Crippen LogP contribution is 2.13. The van der Waals surface area contributed by atoms with Crippen molar-refractivity contribution in [3.05, 3.63) is 0 Å². The third-order valence-electron chi connectivity index (χ3n) is 0.866. The van der Waals surface area contributed by atoms with Crippen LogP contribution in [0, 0.1) is 0 Å². The van der Waals surface area contributed by atoms with E-state index in [1.165, 1.54) is 0 Å². The van der Waals surface area contributed by atoms with Crippen molar-refractivity contribution in [1.82, 2.24) is 0 Å². The standard InChI is InChI=1S/C5H12O2S/c1-2-3-4-5(6,7)8/h6-8H,2-4H2,1H3. The van der Waals surface area contributed by atoms with Gasteiger partial charge in [-0.3, -0.25) is 0 Å². The molecule has 3 heteroatoms.